The van der Waals surface area contributed by atoms with Gasteiger partial charge in [0.2, 0.25) is 0 Å². The SMILES string of the molecule is CC(C)(C)OC(=O)NCC(N)c1cccc(C2CC2)c1. The normalized spacial score (nSPS) is 16.6. The summed E-state index contributed by atoms with van der Waals surface area (Å²) in [5.41, 5.74) is 8.06. The number of nitrogens with two attached hydrogens (primary N) is 1. The Hall–Kier alpha value is -1.55. The molecule has 0 aliphatic heterocycles. The van der Waals surface area contributed by atoms with E-state index in [9.17, 15) is 4.79 Å². The predicted molar refractivity (Wildman–Crippen MR) is 79.6 cm³/mol. The minimum atomic E-state index is -0.486. The Morgan fingerprint density at radius 2 is 2.15 bits per heavy atom. The van der Waals surface area contributed by atoms with Crippen molar-refractivity contribution in [3.05, 3.63) is 35.4 Å². The van der Waals surface area contributed by atoms with Gasteiger partial charge in [0.15, 0.2) is 0 Å². The molecule has 1 aromatic rings. The zero-order valence-electron chi connectivity index (χ0n) is 12.5. The number of rotatable bonds is 4. The standard InChI is InChI=1S/C16H24N2O2/c1-16(2,3)20-15(19)18-10-14(17)13-6-4-5-12(9-13)11-7-8-11/h4-6,9,11,14H,7-8,10,17H2,1-3H3,(H,18,19). The van der Waals surface area contributed by atoms with Gasteiger partial charge in [-0.2, -0.15) is 0 Å². The molecule has 1 amide bonds. The molecule has 1 atom stereocenters. The van der Waals surface area contributed by atoms with Crippen molar-refractivity contribution in [1.29, 1.82) is 0 Å². The molecule has 4 heteroatoms. The van der Waals surface area contributed by atoms with Crippen LogP contribution >= 0.6 is 0 Å². The quantitative estimate of drug-likeness (QED) is 0.888. The van der Waals surface area contributed by atoms with Crippen molar-refractivity contribution in [2.24, 2.45) is 5.73 Å². The van der Waals surface area contributed by atoms with E-state index in [1.165, 1.54) is 18.4 Å². The van der Waals surface area contributed by atoms with Gasteiger partial charge in [-0.05, 0) is 50.7 Å². The monoisotopic (exact) mass is 276 g/mol. The molecule has 1 aliphatic carbocycles. The van der Waals surface area contributed by atoms with E-state index < -0.39 is 11.7 Å². The fraction of sp³-hybridized carbons (Fsp3) is 0.562. The second-order valence-corrected chi connectivity index (χ2v) is 6.43. The van der Waals surface area contributed by atoms with Crippen LogP contribution in [-0.4, -0.2) is 18.2 Å². The van der Waals surface area contributed by atoms with Crippen LogP contribution in [0.2, 0.25) is 0 Å². The van der Waals surface area contributed by atoms with Gasteiger partial charge in [-0.1, -0.05) is 24.3 Å². The number of benzene rings is 1. The van der Waals surface area contributed by atoms with Crippen LogP contribution < -0.4 is 11.1 Å². The highest BCUT2D eigenvalue weighted by molar-refractivity contribution is 5.67. The lowest BCUT2D eigenvalue weighted by Gasteiger charge is -2.21. The van der Waals surface area contributed by atoms with Crippen LogP contribution in [0.15, 0.2) is 24.3 Å². The van der Waals surface area contributed by atoms with Crippen LogP contribution in [0.4, 0.5) is 4.79 Å². The molecule has 1 unspecified atom stereocenters. The van der Waals surface area contributed by atoms with E-state index in [0.717, 1.165) is 5.56 Å². The summed E-state index contributed by atoms with van der Waals surface area (Å²) in [4.78, 5) is 11.6. The van der Waals surface area contributed by atoms with E-state index in [0.29, 0.717) is 12.5 Å². The molecule has 1 aromatic carbocycles. The third kappa shape index (κ3) is 4.53. The van der Waals surface area contributed by atoms with Crippen molar-refractivity contribution in [1.82, 2.24) is 5.32 Å². The van der Waals surface area contributed by atoms with Gasteiger partial charge in [-0.15, -0.1) is 0 Å². The molecule has 20 heavy (non-hydrogen) atoms. The van der Waals surface area contributed by atoms with Gasteiger partial charge in [0.1, 0.15) is 5.60 Å². The number of alkyl carbamates (subject to hydrolysis) is 1. The Morgan fingerprint density at radius 1 is 1.45 bits per heavy atom. The van der Waals surface area contributed by atoms with E-state index in [4.69, 9.17) is 10.5 Å². The molecule has 0 saturated heterocycles. The Morgan fingerprint density at radius 3 is 2.75 bits per heavy atom. The molecule has 0 bridgehead atoms. The van der Waals surface area contributed by atoms with Gasteiger partial charge < -0.3 is 15.8 Å². The molecule has 110 valence electrons. The summed E-state index contributed by atoms with van der Waals surface area (Å²) in [5, 5.41) is 2.72. The Balaban J connectivity index is 1.86. The minimum absolute atomic E-state index is 0.207. The van der Waals surface area contributed by atoms with Crippen LogP contribution in [0, 0.1) is 0 Å². The first kappa shape index (κ1) is 14.9. The second kappa shape index (κ2) is 5.83. The Labute approximate surface area is 120 Å². The second-order valence-electron chi connectivity index (χ2n) is 6.43. The van der Waals surface area contributed by atoms with Crippen LogP contribution in [0.3, 0.4) is 0 Å². The molecule has 2 rings (SSSR count). The lowest BCUT2D eigenvalue weighted by Crippen LogP contribution is -2.36. The maximum absolute atomic E-state index is 11.6. The van der Waals surface area contributed by atoms with Crippen molar-refractivity contribution >= 4 is 6.09 Å². The fourth-order valence-corrected chi connectivity index (χ4v) is 2.09. The van der Waals surface area contributed by atoms with E-state index in [-0.39, 0.29) is 6.04 Å². The lowest BCUT2D eigenvalue weighted by molar-refractivity contribution is 0.0524. The summed E-state index contributed by atoms with van der Waals surface area (Å²) in [5.74, 6) is 0.709. The van der Waals surface area contributed by atoms with Crippen molar-refractivity contribution < 1.29 is 9.53 Å². The highest BCUT2D eigenvalue weighted by Crippen LogP contribution is 2.40. The zero-order valence-corrected chi connectivity index (χ0v) is 12.5. The molecule has 4 nitrogen and oxygen atoms in total. The van der Waals surface area contributed by atoms with Crippen molar-refractivity contribution in [2.45, 2.75) is 51.2 Å². The summed E-state index contributed by atoms with van der Waals surface area (Å²) >= 11 is 0. The summed E-state index contributed by atoms with van der Waals surface area (Å²) in [6.07, 6.45) is 2.12. The molecule has 0 heterocycles. The molecule has 0 radical (unpaired) electrons. The highest BCUT2D eigenvalue weighted by Gasteiger charge is 2.24. The molecule has 1 aliphatic rings. The van der Waals surface area contributed by atoms with Gasteiger partial charge in [-0.25, -0.2) is 4.79 Å². The maximum atomic E-state index is 11.6. The summed E-state index contributed by atoms with van der Waals surface area (Å²) in [6.45, 7) is 5.89. The number of carbonyl (C=O) groups is 1. The molecular weight excluding hydrogens is 252 g/mol. The fourth-order valence-electron chi connectivity index (χ4n) is 2.09. The highest BCUT2D eigenvalue weighted by atomic mass is 16.6. The largest absolute Gasteiger partial charge is 0.444 e. The number of hydrogen-bond donors (Lipinski definition) is 2. The molecule has 3 N–H and O–H groups in total. The average molecular weight is 276 g/mol. The van der Waals surface area contributed by atoms with E-state index >= 15 is 0 Å². The number of ether oxygens (including phenoxy) is 1. The first-order chi connectivity index (χ1) is 9.35. The van der Waals surface area contributed by atoms with E-state index in [2.05, 4.69) is 17.4 Å². The van der Waals surface area contributed by atoms with E-state index in [1.807, 2.05) is 32.9 Å². The lowest BCUT2D eigenvalue weighted by atomic mass is 10.0. The number of carbonyl (C=O) groups excluding carboxylic acids is 1. The summed E-state index contributed by atoms with van der Waals surface area (Å²) < 4.78 is 5.19. The van der Waals surface area contributed by atoms with Crippen LogP contribution in [0.5, 0.6) is 0 Å². The zero-order chi connectivity index (χ0) is 14.8. The number of hydrogen-bond acceptors (Lipinski definition) is 3. The van der Waals surface area contributed by atoms with Crippen molar-refractivity contribution in [2.75, 3.05) is 6.54 Å². The van der Waals surface area contributed by atoms with Crippen LogP contribution in [0.25, 0.3) is 0 Å². The summed E-state index contributed by atoms with van der Waals surface area (Å²) in [6, 6.07) is 8.14. The Kier molecular flexibility index (Phi) is 4.33. The van der Waals surface area contributed by atoms with Crippen molar-refractivity contribution in [3.63, 3.8) is 0 Å². The average Bonchev–Trinajstić information content (AvgIpc) is 3.18. The van der Waals surface area contributed by atoms with Crippen LogP contribution in [-0.2, 0) is 4.74 Å². The minimum Gasteiger partial charge on any atom is -0.444 e. The maximum Gasteiger partial charge on any atom is 0.407 e. The van der Waals surface area contributed by atoms with Gasteiger partial charge in [0, 0.05) is 12.6 Å². The van der Waals surface area contributed by atoms with Crippen LogP contribution in [0.1, 0.15) is 56.7 Å². The van der Waals surface area contributed by atoms with Crippen molar-refractivity contribution in [3.8, 4) is 0 Å². The molecule has 1 fully saturated rings. The first-order valence-electron chi connectivity index (χ1n) is 7.17. The van der Waals surface area contributed by atoms with Gasteiger partial charge >= 0.3 is 6.09 Å². The molecule has 1 saturated carbocycles. The summed E-state index contributed by atoms with van der Waals surface area (Å²) in [7, 11) is 0. The molecular formula is C16H24N2O2. The molecule has 0 aromatic heterocycles. The van der Waals surface area contributed by atoms with Gasteiger partial charge in [0.05, 0.1) is 0 Å². The van der Waals surface area contributed by atoms with E-state index in [1.54, 1.807) is 0 Å². The topological polar surface area (TPSA) is 64.3 Å². The Bertz CT molecular complexity index is 476. The predicted octanol–water partition coefficient (Wildman–Crippen LogP) is 3.09. The van der Waals surface area contributed by atoms with Gasteiger partial charge in [0.25, 0.3) is 0 Å². The third-order valence-corrected chi connectivity index (χ3v) is 3.25. The van der Waals surface area contributed by atoms with Gasteiger partial charge in [-0.3, -0.25) is 0 Å². The number of nitrogens with one attached hydrogen (secondary N) is 1. The third-order valence-electron chi connectivity index (χ3n) is 3.25. The molecule has 0 spiro atoms. The smallest absolute Gasteiger partial charge is 0.407 e. The number of amides is 1. The first-order valence-corrected chi connectivity index (χ1v) is 7.17.